The quantitative estimate of drug-likeness (QED) is 0.587. The molecule has 2 fully saturated rings. The lowest BCUT2D eigenvalue weighted by Gasteiger charge is -2.47. The predicted octanol–water partition coefficient (Wildman–Crippen LogP) is 3.13. The van der Waals surface area contributed by atoms with E-state index >= 15 is 0 Å². The van der Waals surface area contributed by atoms with Crippen molar-refractivity contribution in [1.82, 2.24) is 5.32 Å². The summed E-state index contributed by atoms with van der Waals surface area (Å²) in [5.74, 6) is 0.113. The van der Waals surface area contributed by atoms with E-state index in [0.29, 0.717) is 11.5 Å². The van der Waals surface area contributed by atoms with Crippen LogP contribution in [0.5, 0.6) is 11.5 Å². The molecule has 6 atom stereocenters. The van der Waals surface area contributed by atoms with Crippen LogP contribution in [0.4, 0.5) is 0 Å². The first-order valence-corrected chi connectivity index (χ1v) is 11.2. The summed E-state index contributed by atoms with van der Waals surface area (Å²) in [5.41, 5.74) is 0.779. The summed E-state index contributed by atoms with van der Waals surface area (Å²) >= 11 is 17.2. The van der Waals surface area contributed by atoms with E-state index in [9.17, 15) is 9.90 Å². The molecular weight excluding hydrogens is 497 g/mol. The van der Waals surface area contributed by atoms with Gasteiger partial charge in [0.05, 0.1) is 13.7 Å². The largest absolute Gasteiger partial charge is 0.497 e. The highest BCUT2D eigenvalue weighted by Gasteiger charge is 2.52. The smallest absolute Gasteiger partial charge is 0.272 e. The van der Waals surface area contributed by atoms with Crippen LogP contribution in [0, 0.1) is 0 Å². The van der Waals surface area contributed by atoms with Crippen molar-refractivity contribution in [3.63, 3.8) is 0 Å². The van der Waals surface area contributed by atoms with Crippen molar-refractivity contribution >= 4 is 40.7 Å². The number of carbonyl (C=O) groups is 1. The number of fused-ring (bicyclic) bond motifs is 1. The summed E-state index contributed by atoms with van der Waals surface area (Å²) in [7, 11) is 1.55. The molecule has 1 amide bonds. The highest BCUT2D eigenvalue weighted by molar-refractivity contribution is 6.76. The van der Waals surface area contributed by atoms with Crippen molar-refractivity contribution in [1.29, 1.82) is 0 Å². The molecular formula is C22H22Cl3NO7. The minimum atomic E-state index is -2.25. The first kappa shape index (κ1) is 24.3. The maximum Gasteiger partial charge on any atom is 0.272 e. The molecule has 4 rings (SSSR count). The molecule has 178 valence electrons. The first-order chi connectivity index (χ1) is 15.8. The second-order valence-corrected chi connectivity index (χ2v) is 9.78. The number of nitrogens with one attached hydrogen (secondary N) is 1. The molecule has 2 N–H and O–H groups in total. The molecule has 0 bridgehead atoms. The van der Waals surface area contributed by atoms with E-state index in [-0.39, 0.29) is 6.61 Å². The highest BCUT2D eigenvalue weighted by atomic mass is 35.6. The number of aliphatic hydroxyl groups is 1. The minimum absolute atomic E-state index is 0.134. The first-order valence-electron chi connectivity index (χ1n) is 10.1. The molecule has 33 heavy (non-hydrogen) atoms. The normalized spacial score (nSPS) is 29.6. The summed E-state index contributed by atoms with van der Waals surface area (Å²) in [6, 6.07) is 14.9. The summed E-state index contributed by atoms with van der Waals surface area (Å²) in [4.78, 5) is 12.4. The third-order valence-electron chi connectivity index (χ3n) is 5.30. The van der Waals surface area contributed by atoms with Crippen molar-refractivity contribution in [2.75, 3.05) is 13.7 Å². The fourth-order valence-corrected chi connectivity index (χ4v) is 3.81. The van der Waals surface area contributed by atoms with Crippen molar-refractivity contribution in [3.8, 4) is 11.5 Å². The average molecular weight is 519 g/mol. The van der Waals surface area contributed by atoms with Crippen molar-refractivity contribution in [2.24, 2.45) is 0 Å². The Balaban J connectivity index is 1.55. The number of hydrogen-bond acceptors (Lipinski definition) is 7. The fourth-order valence-electron chi connectivity index (χ4n) is 3.65. The summed E-state index contributed by atoms with van der Waals surface area (Å²) in [6.45, 7) is 0.134. The number of amides is 1. The highest BCUT2D eigenvalue weighted by Crippen LogP contribution is 2.36. The lowest BCUT2D eigenvalue weighted by atomic mass is 9.95. The molecule has 8 nitrogen and oxygen atoms in total. The van der Waals surface area contributed by atoms with Gasteiger partial charge >= 0.3 is 0 Å². The zero-order chi connectivity index (χ0) is 23.6. The van der Waals surface area contributed by atoms with Gasteiger partial charge in [-0.25, -0.2) is 0 Å². The Bertz CT molecular complexity index is 941. The van der Waals surface area contributed by atoms with Crippen molar-refractivity contribution in [2.45, 2.75) is 40.7 Å². The molecule has 0 aromatic heterocycles. The van der Waals surface area contributed by atoms with Gasteiger partial charge in [0.25, 0.3) is 9.70 Å². The van der Waals surface area contributed by atoms with E-state index in [1.807, 2.05) is 30.3 Å². The molecule has 2 aliphatic rings. The number of aliphatic hydroxyl groups excluding tert-OH is 1. The van der Waals surface area contributed by atoms with Crippen LogP contribution in [0.2, 0.25) is 0 Å². The maximum atomic E-state index is 12.4. The Morgan fingerprint density at radius 1 is 1.06 bits per heavy atom. The number of benzene rings is 2. The molecule has 1 unspecified atom stereocenters. The summed E-state index contributed by atoms with van der Waals surface area (Å²) < 4.78 is 26.6. The Morgan fingerprint density at radius 3 is 2.36 bits per heavy atom. The van der Waals surface area contributed by atoms with Gasteiger partial charge in [0.15, 0.2) is 6.29 Å². The van der Waals surface area contributed by atoms with Gasteiger partial charge in [0.2, 0.25) is 6.29 Å². The number of hydrogen-bond donors (Lipinski definition) is 2. The second kappa shape index (κ2) is 10.2. The Labute approximate surface area is 205 Å². The van der Waals surface area contributed by atoms with Gasteiger partial charge in [-0.05, 0) is 24.3 Å². The van der Waals surface area contributed by atoms with Crippen LogP contribution in [-0.2, 0) is 19.0 Å². The maximum absolute atomic E-state index is 12.4. The zero-order valence-corrected chi connectivity index (χ0v) is 19.7. The SMILES string of the molecule is COc1ccc(O[C@@H]2O[C@@H]3COC(c4ccccc4)O[C@H]3[C@H](O)[C@H]2NC(=O)C(Cl)(Cl)Cl)cc1. The molecule has 2 aromatic rings. The second-order valence-electron chi connectivity index (χ2n) is 7.50. The number of alkyl halides is 3. The van der Waals surface area contributed by atoms with Gasteiger partial charge in [-0.15, -0.1) is 0 Å². The minimum Gasteiger partial charge on any atom is -0.497 e. The Kier molecular flexibility index (Phi) is 7.55. The number of methoxy groups -OCH3 is 1. The molecule has 2 heterocycles. The molecule has 0 radical (unpaired) electrons. The third-order valence-corrected chi connectivity index (χ3v) is 5.82. The predicted molar refractivity (Wildman–Crippen MR) is 121 cm³/mol. The lowest BCUT2D eigenvalue weighted by molar-refractivity contribution is -0.333. The molecule has 2 aromatic carbocycles. The van der Waals surface area contributed by atoms with E-state index in [4.69, 9.17) is 58.5 Å². The van der Waals surface area contributed by atoms with Crippen LogP contribution in [0.3, 0.4) is 0 Å². The zero-order valence-electron chi connectivity index (χ0n) is 17.4. The van der Waals surface area contributed by atoms with Gasteiger partial charge in [0.1, 0.15) is 35.9 Å². The third kappa shape index (κ3) is 5.66. The van der Waals surface area contributed by atoms with E-state index in [0.717, 1.165) is 5.56 Å². The molecule has 0 aliphatic carbocycles. The number of carbonyl (C=O) groups excluding carboxylic acids is 1. The average Bonchev–Trinajstić information content (AvgIpc) is 2.81. The van der Waals surface area contributed by atoms with Gasteiger partial charge in [-0.3, -0.25) is 4.79 Å². The van der Waals surface area contributed by atoms with E-state index in [1.165, 1.54) is 0 Å². The topological polar surface area (TPSA) is 95.5 Å². The van der Waals surface area contributed by atoms with Crippen LogP contribution >= 0.6 is 34.8 Å². The Morgan fingerprint density at radius 2 is 1.73 bits per heavy atom. The Hall–Kier alpha value is -1.78. The summed E-state index contributed by atoms with van der Waals surface area (Å²) in [5, 5.41) is 13.7. The van der Waals surface area contributed by atoms with Crippen LogP contribution in [0.25, 0.3) is 0 Å². The van der Waals surface area contributed by atoms with Crippen molar-refractivity contribution in [3.05, 3.63) is 60.2 Å². The molecule has 0 saturated carbocycles. The summed E-state index contributed by atoms with van der Waals surface area (Å²) in [6.07, 6.45) is -4.58. The molecule has 2 saturated heterocycles. The van der Waals surface area contributed by atoms with E-state index in [1.54, 1.807) is 31.4 Å². The van der Waals surface area contributed by atoms with Crippen molar-refractivity contribution < 1.29 is 33.6 Å². The van der Waals surface area contributed by atoms with Crippen LogP contribution in [-0.4, -0.2) is 59.2 Å². The van der Waals surface area contributed by atoms with Crippen LogP contribution in [0.15, 0.2) is 54.6 Å². The number of rotatable bonds is 5. The van der Waals surface area contributed by atoms with E-state index < -0.39 is 46.6 Å². The van der Waals surface area contributed by atoms with Crippen LogP contribution < -0.4 is 14.8 Å². The van der Waals surface area contributed by atoms with Gasteiger partial charge < -0.3 is 34.1 Å². The molecule has 0 spiro atoms. The lowest BCUT2D eigenvalue weighted by Crippen LogP contribution is -2.68. The molecule has 11 heteroatoms. The molecule has 2 aliphatic heterocycles. The number of ether oxygens (including phenoxy) is 5. The number of halogens is 3. The standard InChI is InChI=1S/C22H22Cl3NO7/c1-29-13-7-9-14(10-8-13)31-20-16(26-21(28)22(23,24)25)17(27)18-15(32-20)11-30-19(33-18)12-5-3-2-4-6-12/h2-10,15-20,27H,11H2,1H3,(H,26,28)/t15-,16-,17-,18-,19?,20-/m1/s1. The fraction of sp³-hybridized carbons (Fsp3) is 0.409. The monoisotopic (exact) mass is 517 g/mol. The van der Waals surface area contributed by atoms with Gasteiger partial charge in [-0.1, -0.05) is 65.1 Å². The van der Waals surface area contributed by atoms with E-state index in [2.05, 4.69) is 5.32 Å². The van der Waals surface area contributed by atoms with Gasteiger partial charge in [0, 0.05) is 5.56 Å². The van der Waals surface area contributed by atoms with Crippen LogP contribution in [0.1, 0.15) is 11.9 Å². The van der Waals surface area contributed by atoms with Gasteiger partial charge in [-0.2, -0.15) is 0 Å².